The van der Waals surface area contributed by atoms with Gasteiger partial charge in [0.25, 0.3) is 0 Å². The summed E-state index contributed by atoms with van der Waals surface area (Å²) in [5, 5.41) is 15.2. The van der Waals surface area contributed by atoms with E-state index in [1.165, 1.54) is 0 Å². The molecule has 0 aliphatic heterocycles. The molecule has 0 heterocycles. The van der Waals surface area contributed by atoms with E-state index >= 15 is 0 Å². The Morgan fingerprint density at radius 2 is 2.30 bits per heavy atom. The molecule has 0 aliphatic rings. The zero-order valence-electron chi connectivity index (χ0n) is 12.2. The molecule has 4 N–H and O–H groups in total. The van der Waals surface area contributed by atoms with Crippen LogP contribution in [0.4, 0.5) is 0 Å². The van der Waals surface area contributed by atoms with Crippen molar-refractivity contribution in [2.45, 2.75) is 26.4 Å². The second-order valence-electron chi connectivity index (χ2n) is 4.46. The molecule has 0 aromatic heterocycles. The van der Waals surface area contributed by atoms with Crippen molar-refractivity contribution >= 4 is 17.6 Å². The highest BCUT2D eigenvalue weighted by molar-refractivity contribution is 7.99. The van der Waals surface area contributed by atoms with Gasteiger partial charge in [-0.2, -0.15) is 11.8 Å². The summed E-state index contributed by atoms with van der Waals surface area (Å²) >= 11 is 1.92. The summed E-state index contributed by atoms with van der Waals surface area (Å²) in [6.07, 6.45) is 0. The number of nitrogens with one attached hydrogen (secondary N) is 1. The number of ether oxygens (including phenoxy) is 1. The lowest BCUT2D eigenvalue weighted by atomic mass is 10.1. The number of amidine groups is 1. The maximum atomic E-state index is 8.73. The standard InChI is InChI=1S/C14H23N3O2S/c1-4-20-9-10(2)16-8-11-5-6-12(14(15)17-18)13(7-11)19-3/h5-7,10,16,18H,4,8-9H2,1-3H3,(H2,15,17). The second-order valence-corrected chi connectivity index (χ2v) is 5.78. The fraction of sp³-hybridized carbons (Fsp3) is 0.500. The molecule has 1 rings (SSSR count). The summed E-state index contributed by atoms with van der Waals surface area (Å²) in [5.41, 5.74) is 7.29. The monoisotopic (exact) mass is 297 g/mol. The Hall–Kier alpha value is -1.40. The summed E-state index contributed by atoms with van der Waals surface area (Å²) < 4.78 is 5.28. The Balaban J connectivity index is 2.69. The highest BCUT2D eigenvalue weighted by Crippen LogP contribution is 2.20. The zero-order valence-corrected chi connectivity index (χ0v) is 13.0. The quantitative estimate of drug-likeness (QED) is 0.296. The first-order chi connectivity index (χ1) is 9.62. The number of thioether (sulfide) groups is 1. The molecule has 0 spiro atoms. The van der Waals surface area contributed by atoms with E-state index in [1.54, 1.807) is 13.2 Å². The van der Waals surface area contributed by atoms with Gasteiger partial charge in [0.05, 0.1) is 12.7 Å². The number of benzene rings is 1. The van der Waals surface area contributed by atoms with Crippen LogP contribution < -0.4 is 15.8 Å². The molecule has 1 aromatic rings. The van der Waals surface area contributed by atoms with Gasteiger partial charge in [-0.15, -0.1) is 0 Å². The molecule has 0 saturated carbocycles. The van der Waals surface area contributed by atoms with E-state index in [2.05, 4.69) is 24.3 Å². The van der Waals surface area contributed by atoms with E-state index in [0.717, 1.165) is 23.6 Å². The van der Waals surface area contributed by atoms with Crippen LogP contribution in [0.25, 0.3) is 0 Å². The Labute approximate surface area is 124 Å². The third-order valence-corrected chi connectivity index (χ3v) is 4.02. The number of nitrogens with two attached hydrogens (primary N) is 1. The fourth-order valence-electron chi connectivity index (χ4n) is 1.76. The molecule has 0 saturated heterocycles. The first-order valence-corrected chi connectivity index (χ1v) is 7.73. The minimum atomic E-state index is 0.0501. The summed E-state index contributed by atoms with van der Waals surface area (Å²) in [7, 11) is 1.57. The summed E-state index contributed by atoms with van der Waals surface area (Å²) in [6, 6.07) is 6.11. The molecule has 0 aliphatic carbocycles. The van der Waals surface area contributed by atoms with E-state index in [0.29, 0.717) is 17.4 Å². The topological polar surface area (TPSA) is 79.9 Å². The number of hydrogen-bond donors (Lipinski definition) is 3. The van der Waals surface area contributed by atoms with Crippen LogP contribution in [0, 0.1) is 0 Å². The average Bonchev–Trinajstić information content (AvgIpc) is 2.49. The van der Waals surface area contributed by atoms with E-state index in [4.69, 9.17) is 15.7 Å². The Kier molecular flexibility index (Phi) is 7.25. The van der Waals surface area contributed by atoms with Crippen LogP contribution in [-0.4, -0.2) is 35.7 Å². The molecule has 0 radical (unpaired) electrons. The Bertz CT molecular complexity index is 452. The molecule has 0 bridgehead atoms. The molecule has 0 fully saturated rings. The number of methoxy groups -OCH3 is 1. The minimum Gasteiger partial charge on any atom is -0.496 e. The highest BCUT2D eigenvalue weighted by Gasteiger charge is 2.09. The van der Waals surface area contributed by atoms with E-state index in [-0.39, 0.29) is 5.84 Å². The second kappa shape index (κ2) is 8.71. The van der Waals surface area contributed by atoms with Crippen molar-refractivity contribution in [2.75, 3.05) is 18.6 Å². The largest absolute Gasteiger partial charge is 0.496 e. The lowest BCUT2D eigenvalue weighted by Crippen LogP contribution is -2.27. The van der Waals surface area contributed by atoms with Gasteiger partial charge in [0.1, 0.15) is 5.75 Å². The van der Waals surface area contributed by atoms with Gasteiger partial charge in [0, 0.05) is 18.3 Å². The lowest BCUT2D eigenvalue weighted by molar-refractivity contribution is 0.318. The first kappa shape index (κ1) is 16.7. The van der Waals surface area contributed by atoms with Crippen LogP contribution in [0.3, 0.4) is 0 Å². The lowest BCUT2D eigenvalue weighted by Gasteiger charge is -2.14. The van der Waals surface area contributed by atoms with Gasteiger partial charge in [-0.1, -0.05) is 18.1 Å². The van der Waals surface area contributed by atoms with Crippen LogP contribution in [0.2, 0.25) is 0 Å². The molecular formula is C14H23N3O2S. The van der Waals surface area contributed by atoms with Gasteiger partial charge in [-0.05, 0) is 30.4 Å². The Morgan fingerprint density at radius 1 is 1.55 bits per heavy atom. The predicted octanol–water partition coefficient (Wildman–Crippen LogP) is 2.02. The van der Waals surface area contributed by atoms with Gasteiger partial charge in [0.2, 0.25) is 0 Å². The molecule has 1 aromatic carbocycles. The number of nitrogens with zero attached hydrogens (tertiary/aromatic N) is 1. The molecule has 6 heteroatoms. The van der Waals surface area contributed by atoms with Gasteiger partial charge < -0.3 is 21.0 Å². The van der Waals surface area contributed by atoms with E-state index in [9.17, 15) is 0 Å². The van der Waals surface area contributed by atoms with E-state index < -0.39 is 0 Å². The molecule has 1 unspecified atom stereocenters. The molecule has 1 atom stereocenters. The molecule has 20 heavy (non-hydrogen) atoms. The average molecular weight is 297 g/mol. The summed E-state index contributed by atoms with van der Waals surface area (Å²) in [6.45, 7) is 5.09. The van der Waals surface area contributed by atoms with Crippen molar-refractivity contribution in [3.8, 4) is 5.75 Å². The maximum absolute atomic E-state index is 8.73. The normalized spacial score (nSPS) is 13.2. The predicted molar refractivity (Wildman–Crippen MR) is 84.8 cm³/mol. The van der Waals surface area contributed by atoms with Crippen molar-refractivity contribution in [3.05, 3.63) is 29.3 Å². The van der Waals surface area contributed by atoms with Gasteiger partial charge in [0.15, 0.2) is 5.84 Å². The van der Waals surface area contributed by atoms with Crippen molar-refractivity contribution in [1.29, 1.82) is 0 Å². The van der Waals surface area contributed by atoms with Crippen molar-refractivity contribution in [3.63, 3.8) is 0 Å². The van der Waals surface area contributed by atoms with Gasteiger partial charge >= 0.3 is 0 Å². The van der Waals surface area contributed by atoms with Gasteiger partial charge in [-0.3, -0.25) is 0 Å². The van der Waals surface area contributed by atoms with Crippen molar-refractivity contribution in [2.24, 2.45) is 10.9 Å². The van der Waals surface area contributed by atoms with Crippen LogP contribution in [0.1, 0.15) is 25.0 Å². The summed E-state index contributed by atoms with van der Waals surface area (Å²) in [5.74, 6) is 2.88. The molecule has 5 nitrogen and oxygen atoms in total. The highest BCUT2D eigenvalue weighted by atomic mass is 32.2. The smallest absolute Gasteiger partial charge is 0.173 e. The van der Waals surface area contributed by atoms with Gasteiger partial charge in [-0.25, -0.2) is 0 Å². The third kappa shape index (κ3) is 4.94. The van der Waals surface area contributed by atoms with Crippen LogP contribution in [0.15, 0.2) is 23.4 Å². The van der Waals surface area contributed by atoms with Crippen LogP contribution in [0.5, 0.6) is 5.75 Å². The van der Waals surface area contributed by atoms with Crippen LogP contribution in [-0.2, 0) is 6.54 Å². The molecule has 0 amide bonds. The zero-order chi connectivity index (χ0) is 15.0. The summed E-state index contributed by atoms with van der Waals surface area (Å²) in [4.78, 5) is 0. The Morgan fingerprint density at radius 3 is 2.90 bits per heavy atom. The number of rotatable bonds is 8. The van der Waals surface area contributed by atoms with Crippen LogP contribution >= 0.6 is 11.8 Å². The molecular weight excluding hydrogens is 274 g/mol. The maximum Gasteiger partial charge on any atom is 0.173 e. The molecule has 112 valence electrons. The number of oxime groups is 1. The fourth-order valence-corrected chi connectivity index (χ4v) is 2.46. The SMILES string of the molecule is CCSCC(C)NCc1ccc(/C(N)=N/O)c(OC)c1. The number of hydrogen-bond acceptors (Lipinski definition) is 5. The minimum absolute atomic E-state index is 0.0501. The van der Waals surface area contributed by atoms with Crippen molar-refractivity contribution < 1.29 is 9.94 Å². The van der Waals surface area contributed by atoms with Crippen molar-refractivity contribution in [1.82, 2.24) is 5.32 Å². The van der Waals surface area contributed by atoms with E-state index in [1.807, 2.05) is 23.9 Å². The first-order valence-electron chi connectivity index (χ1n) is 6.58. The third-order valence-electron chi connectivity index (χ3n) is 2.88.